The molecule has 0 fully saturated rings. The van der Waals surface area contributed by atoms with Gasteiger partial charge in [-0.05, 0) is 55.8 Å². The Balaban J connectivity index is 1.40. The van der Waals surface area contributed by atoms with E-state index in [0.29, 0.717) is 45.2 Å². The Morgan fingerprint density at radius 2 is 1.77 bits per heavy atom. The van der Waals surface area contributed by atoms with E-state index in [1.807, 2.05) is 13.8 Å². The number of aromatic nitrogens is 4. The third-order valence-electron chi connectivity index (χ3n) is 6.74. The zero-order chi connectivity index (χ0) is 31.4. The van der Waals surface area contributed by atoms with Gasteiger partial charge in [-0.15, -0.1) is 0 Å². The molecule has 0 aliphatic rings. The van der Waals surface area contributed by atoms with Crippen molar-refractivity contribution in [3.8, 4) is 28.5 Å². The van der Waals surface area contributed by atoms with E-state index in [0.717, 1.165) is 4.90 Å². The lowest BCUT2D eigenvalue weighted by molar-refractivity contribution is 0.177. The fraction of sp³-hybridized carbons (Fsp3) is 0.219. The van der Waals surface area contributed by atoms with Crippen LogP contribution in [-0.4, -0.2) is 45.9 Å². The molecule has 1 amide bonds. The maximum Gasteiger partial charge on any atom is 0.415 e. The van der Waals surface area contributed by atoms with E-state index in [-0.39, 0.29) is 29.7 Å². The topological polar surface area (TPSA) is 121 Å². The average molecular weight is 599 g/mol. The van der Waals surface area contributed by atoms with E-state index >= 15 is 4.39 Å². The van der Waals surface area contributed by atoms with Gasteiger partial charge in [-0.25, -0.2) is 19.7 Å². The molecule has 5 rings (SSSR count). The molecule has 0 radical (unpaired) electrons. The Hall–Kier alpha value is -5.52. The number of methoxy groups -OCH3 is 2. The molecule has 0 aliphatic heterocycles. The number of fused-ring (bicyclic) bond motifs is 1. The molecule has 0 aliphatic carbocycles. The molecule has 0 saturated heterocycles. The predicted molar refractivity (Wildman–Crippen MR) is 165 cm³/mol. The van der Waals surface area contributed by atoms with Crippen LogP contribution < -0.4 is 25.2 Å². The monoisotopic (exact) mass is 598 g/mol. The van der Waals surface area contributed by atoms with Crippen molar-refractivity contribution in [1.82, 2.24) is 19.5 Å². The minimum absolute atomic E-state index is 0.00358. The summed E-state index contributed by atoms with van der Waals surface area (Å²) in [5, 5.41) is 3.85. The molecule has 1 N–H and O–H groups in total. The van der Waals surface area contributed by atoms with Crippen LogP contribution in [0.3, 0.4) is 0 Å². The van der Waals surface area contributed by atoms with E-state index in [4.69, 9.17) is 14.2 Å². The van der Waals surface area contributed by atoms with Crippen molar-refractivity contribution < 1.29 is 23.4 Å². The Kier molecular flexibility index (Phi) is 8.70. The Morgan fingerprint density at radius 1 is 1.02 bits per heavy atom. The minimum Gasteiger partial charge on any atom is -0.497 e. The van der Waals surface area contributed by atoms with Crippen molar-refractivity contribution in [2.75, 3.05) is 24.4 Å². The van der Waals surface area contributed by atoms with Crippen LogP contribution in [0.15, 0.2) is 77.9 Å². The number of anilines is 2. The van der Waals surface area contributed by atoms with E-state index in [9.17, 15) is 9.59 Å². The van der Waals surface area contributed by atoms with Gasteiger partial charge < -0.3 is 19.5 Å². The molecular formula is C32H31FN6O5. The predicted octanol–water partition coefficient (Wildman–Crippen LogP) is 5.92. The van der Waals surface area contributed by atoms with Crippen molar-refractivity contribution in [1.29, 1.82) is 0 Å². The smallest absolute Gasteiger partial charge is 0.415 e. The van der Waals surface area contributed by atoms with Crippen LogP contribution in [0.2, 0.25) is 0 Å². The normalized spacial score (nSPS) is 11.0. The molecule has 0 saturated carbocycles. The summed E-state index contributed by atoms with van der Waals surface area (Å²) < 4.78 is 33.2. The molecule has 3 heterocycles. The molecule has 11 nitrogen and oxygen atoms in total. The molecule has 0 spiro atoms. The number of hydrogen-bond acceptors (Lipinski definition) is 9. The highest BCUT2D eigenvalue weighted by Crippen LogP contribution is 2.32. The van der Waals surface area contributed by atoms with Gasteiger partial charge >= 0.3 is 6.09 Å². The largest absolute Gasteiger partial charge is 0.497 e. The summed E-state index contributed by atoms with van der Waals surface area (Å²) in [6.45, 7) is 3.93. The number of carbonyl (C=O) groups excluding carboxylic acids is 1. The quantitative estimate of drug-likeness (QED) is 0.220. The minimum atomic E-state index is -0.835. The van der Waals surface area contributed by atoms with Crippen LogP contribution in [0.4, 0.5) is 21.0 Å². The van der Waals surface area contributed by atoms with Gasteiger partial charge in [0, 0.05) is 36.9 Å². The zero-order valence-corrected chi connectivity index (χ0v) is 24.9. The van der Waals surface area contributed by atoms with Gasteiger partial charge in [-0.2, -0.15) is 4.39 Å². The number of amides is 1. The van der Waals surface area contributed by atoms with Crippen LogP contribution in [0.1, 0.15) is 19.4 Å². The van der Waals surface area contributed by atoms with E-state index < -0.39 is 11.9 Å². The molecule has 226 valence electrons. The number of hydrogen-bond donors (Lipinski definition) is 1. The maximum absolute atomic E-state index is 15.7. The number of ether oxygens (including phenoxy) is 3. The van der Waals surface area contributed by atoms with Crippen molar-refractivity contribution in [2.24, 2.45) is 7.05 Å². The lowest BCUT2D eigenvalue weighted by Gasteiger charge is -2.21. The van der Waals surface area contributed by atoms with Gasteiger partial charge in [0.2, 0.25) is 11.8 Å². The van der Waals surface area contributed by atoms with Gasteiger partial charge in [0.15, 0.2) is 11.6 Å². The van der Waals surface area contributed by atoms with Gasteiger partial charge in [0.25, 0.3) is 5.56 Å². The highest BCUT2D eigenvalue weighted by Gasteiger charge is 2.24. The second-order valence-corrected chi connectivity index (χ2v) is 10.2. The first-order valence-electron chi connectivity index (χ1n) is 13.7. The maximum atomic E-state index is 15.7. The van der Waals surface area contributed by atoms with Gasteiger partial charge in [0.1, 0.15) is 11.5 Å². The lowest BCUT2D eigenvalue weighted by atomic mass is 10.1. The van der Waals surface area contributed by atoms with Crippen LogP contribution in [-0.2, 0) is 18.3 Å². The van der Waals surface area contributed by atoms with Crippen LogP contribution in [0.5, 0.6) is 17.2 Å². The molecule has 2 aromatic carbocycles. The molecule has 3 aromatic heterocycles. The number of nitrogens with zero attached hydrogens (tertiary/aromatic N) is 5. The Morgan fingerprint density at radius 3 is 2.48 bits per heavy atom. The highest BCUT2D eigenvalue weighted by molar-refractivity contribution is 5.87. The van der Waals surface area contributed by atoms with E-state index in [1.165, 1.54) is 30.1 Å². The van der Waals surface area contributed by atoms with Crippen LogP contribution in [0.25, 0.3) is 22.2 Å². The molecule has 0 bridgehead atoms. The van der Waals surface area contributed by atoms with E-state index in [1.54, 1.807) is 68.8 Å². The summed E-state index contributed by atoms with van der Waals surface area (Å²) in [5.74, 6) is 0.241. The number of halogens is 1. The van der Waals surface area contributed by atoms with Crippen LogP contribution in [0, 0.1) is 5.82 Å². The fourth-order valence-electron chi connectivity index (χ4n) is 4.49. The molecular weight excluding hydrogens is 567 g/mol. The first-order chi connectivity index (χ1) is 21.2. The fourth-order valence-corrected chi connectivity index (χ4v) is 4.49. The van der Waals surface area contributed by atoms with Crippen molar-refractivity contribution in [3.05, 3.63) is 94.8 Å². The first-order valence-corrected chi connectivity index (χ1v) is 13.7. The summed E-state index contributed by atoms with van der Waals surface area (Å²) in [7, 11) is 4.42. The Labute approximate surface area is 252 Å². The second kappa shape index (κ2) is 12.8. The third-order valence-corrected chi connectivity index (χ3v) is 6.74. The standard InChI is InChI=1S/C32H31FN6O5/c1-19(2)36-31-35-17-24(30(40)38(31)3)26-12-8-21-16-23(11-13-25(21)37-26)44-27-14-15-34-29(28(27)33)39(32(41)43-5)18-20-6-9-22(42-4)10-7-20/h6-17,19H,18H2,1-5H3,(H,35,36). The summed E-state index contributed by atoms with van der Waals surface area (Å²) in [6, 6.07) is 17.1. The summed E-state index contributed by atoms with van der Waals surface area (Å²) in [6.07, 6.45) is 2.07. The van der Waals surface area contributed by atoms with Gasteiger partial charge in [-0.3, -0.25) is 14.3 Å². The second-order valence-electron chi connectivity index (χ2n) is 10.2. The number of pyridine rings is 2. The Bertz CT molecular complexity index is 1880. The van der Waals surface area contributed by atoms with Crippen LogP contribution >= 0.6 is 0 Å². The molecule has 12 heteroatoms. The number of nitrogens with one attached hydrogen (secondary N) is 1. The lowest BCUT2D eigenvalue weighted by Crippen LogP contribution is -2.31. The first kappa shape index (κ1) is 30.0. The van der Waals surface area contributed by atoms with Gasteiger partial charge in [-0.1, -0.05) is 18.2 Å². The summed E-state index contributed by atoms with van der Waals surface area (Å²) in [4.78, 5) is 39.8. The third kappa shape index (κ3) is 6.28. The molecule has 44 heavy (non-hydrogen) atoms. The van der Waals surface area contributed by atoms with Crippen molar-refractivity contribution in [3.63, 3.8) is 0 Å². The number of carbonyl (C=O) groups is 1. The number of rotatable bonds is 9. The highest BCUT2D eigenvalue weighted by atomic mass is 19.1. The average Bonchev–Trinajstić information content (AvgIpc) is 3.03. The van der Waals surface area contributed by atoms with Crippen molar-refractivity contribution >= 4 is 28.8 Å². The summed E-state index contributed by atoms with van der Waals surface area (Å²) in [5.41, 5.74) is 1.92. The summed E-state index contributed by atoms with van der Waals surface area (Å²) >= 11 is 0. The number of benzene rings is 2. The molecule has 0 atom stereocenters. The molecule has 5 aromatic rings. The van der Waals surface area contributed by atoms with Crippen molar-refractivity contribution in [2.45, 2.75) is 26.4 Å². The SMILES string of the molecule is COC(=O)N(Cc1ccc(OC)cc1)c1nccc(Oc2ccc3nc(-c4cnc(NC(C)C)n(C)c4=O)ccc3c2)c1F. The van der Waals surface area contributed by atoms with Gasteiger partial charge in [0.05, 0.1) is 37.5 Å². The van der Waals surface area contributed by atoms with E-state index in [2.05, 4.69) is 20.3 Å². The zero-order valence-electron chi connectivity index (χ0n) is 24.9. The molecule has 0 unspecified atom stereocenters.